The molecule has 1 heterocycles. The normalized spacial score (nSPS) is 14.6. The van der Waals surface area contributed by atoms with Gasteiger partial charge in [0.25, 0.3) is 0 Å². The summed E-state index contributed by atoms with van der Waals surface area (Å²) < 4.78 is 1.09. The van der Waals surface area contributed by atoms with Crippen molar-refractivity contribution in [1.82, 2.24) is 10.6 Å². The molecular weight excluding hydrogens is 312 g/mol. The molecule has 0 fully saturated rings. The number of carbonyl (C=O) groups excluding carboxylic acids is 1. The molecule has 1 aromatic heterocycles. The van der Waals surface area contributed by atoms with Crippen molar-refractivity contribution in [2.75, 3.05) is 6.54 Å². The Balaban J connectivity index is 2.43. The van der Waals surface area contributed by atoms with E-state index in [9.17, 15) is 4.79 Å². The first-order valence-corrected chi connectivity index (χ1v) is 7.85. The van der Waals surface area contributed by atoms with E-state index in [0.29, 0.717) is 5.92 Å². The van der Waals surface area contributed by atoms with Gasteiger partial charge in [-0.3, -0.25) is 10.1 Å². The number of amides is 1. The Hall–Kier alpha value is -0.390. The smallest absolute Gasteiger partial charge is 0.236 e. The number of thiophene rings is 1. The molecule has 0 saturated heterocycles. The Labute approximate surface area is 121 Å². The largest absolute Gasteiger partial charge is 0.354 e. The molecule has 0 aliphatic heterocycles. The average molecular weight is 333 g/mol. The van der Waals surface area contributed by atoms with E-state index in [4.69, 9.17) is 0 Å². The maximum absolute atomic E-state index is 11.8. The minimum atomic E-state index is -0.181. The van der Waals surface area contributed by atoms with E-state index < -0.39 is 0 Å². The highest BCUT2D eigenvalue weighted by atomic mass is 79.9. The Kier molecular flexibility index (Phi) is 6.32. The maximum Gasteiger partial charge on any atom is 0.236 e. The summed E-state index contributed by atoms with van der Waals surface area (Å²) >= 11 is 5.13. The SMILES string of the molecule is CC(C)CNC(=O)C(C)NC(C)c1cc(Br)cs1. The second-order valence-electron chi connectivity index (χ2n) is 4.92. The fraction of sp³-hybridized carbons (Fsp3) is 0.615. The van der Waals surface area contributed by atoms with Crippen LogP contribution < -0.4 is 10.6 Å². The van der Waals surface area contributed by atoms with Crippen LogP contribution in [-0.4, -0.2) is 18.5 Å². The zero-order valence-electron chi connectivity index (χ0n) is 11.3. The average Bonchev–Trinajstić information content (AvgIpc) is 2.72. The quantitative estimate of drug-likeness (QED) is 0.838. The first-order chi connectivity index (χ1) is 8.40. The summed E-state index contributed by atoms with van der Waals surface area (Å²) in [5.74, 6) is 0.540. The van der Waals surface area contributed by atoms with E-state index in [0.717, 1.165) is 11.0 Å². The summed E-state index contributed by atoms with van der Waals surface area (Å²) in [6.07, 6.45) is 0. The van der Waals surface area contributed by atoms with E-state index in [1.165, 1.54) is 4.88 Å². The molecule has 2 atom stereocenters. The third-order valence-corrected chi connectivity index (χ3v) is 4.47. The summed E-state index contributed by atoms with van der Waals surface area (Å²) in [6.45, 7) is 8.87. The summed E-state index contributed by atoms with van der Waals surface area (Å²) in [5.41, 5.74) is 0. The van der Waals surface area contributed by atoms with E-state index in [-0.39, 0.29) is 18.0 Å². The number of halogens is 1. The molecule has 0 radical (unpaired) electrons. The predicted octanol–water partition coefficient (Wildman–Crippen LogP) is 3.32. The van der Waals surface area contributed by atoms with Crippen LogP contribution in [0.3, 0.4) is 0 Å². The molecule has 0 saturated carbocycles. The molecule has 2 unspecified atom stereocenters. The summed E-state index contributed by atoms with van der Waals surface area (Å²) in [4.78, 5) is 13.1. The summed E-state index contributed by atoms with van der Waals surface area (Å²) in [7, 11) is 0. The van der Waals surface area contributed by atoms with Crippen LogP contribution >= 0.6 is 27.3 Å². The molecule has 0 bridgehead atoms. The lowest BCUT2D eigenvalue weighted by atomic mass is 10.2. The van der Waals surface area contributed by atoms with E-state index in [2.05, 4.69) is 58.8 Å². The molecule has 3 nitrogen and oxygen atoms in total. The second kappa shape index (κ2) is 7.26. The number of rotatable bonds is 6. The van der Waals surface area contributed by atoms with Gasteiger partial charge in [0.2, 0.25) is 5.91 Å². The summed E-state index contributed by atoms with van der Waals surface area (Å²) in [5, 5.41) is 8.30. The van der Waals surface area contributed by atoms with Gasteiger partial charge in [0.05, 0.1) is 6.04 Å². The standard InChI is InChI=1S/C13H21BrN2OS/c1-8(2)6-15-13(17)10(4)16-9(3)12-5-11(14)7-18-12/h5,7-10,16H,6H2,1-4H3,(H,15,17). The van der Waals surface area contributed by atoms with Gasteiger partial charge in [0, 0.05) is 27.3 Å². The van der Waals surface area contributed by atoms with Crippen LogP contribution in [0.4, 0.5) is 0 Å². The van der Waals surface area contributed by atoms with Crippen molar-refractivity contribution in [1.29, 1.82) is 0 Å². The Morgan fingerprint density at radius 3 is 2.56 bits per heavy atom. The molecule has 0 aromatic carbocycles. The van der Waals surface area contributed by atoms with Crippen LogP contribution in [-0.2, 0) is 4.79 Å². The number of hydrogen-bond acceptors (Lipinski definition) is 3. The lowest BCUT2D eigenvalue weighted by Gasteiger charge is -2.19. The topological polar surface area (TPSA) is 41.1 Å². The number of hydrogen-bond donors (Lipinski definition) is 2. The van der Waals surface area contributed by atoms with Crippen molar-refractivity contribution in [3.8, 4) is 0 Å². The van der Waals surface area contributed by atoms with Crippen molar-refractivity contribution in [3.05, 3.63) is 20.8 Å². The van der Waals surface area contributed by atoms with Gasteiger partial charge in [0.1, 0.15) is 0 Å². The van der Waals surface area contributed by atoms with E-state index in [1.807, 2.05) is 6.92 Å². The van der Waals surface area contributed by atoms with Crippen molar-refractivity contribution >= 4 is 33.2 Å². The van der Waals surface area contributed by atoms with Crippen LogP contribution in [0.25, 0.3) is 0 Å². The van der Waals surface area contributed by atoms with Gasteiger partial charge in [-0.15, -0.1) is 11.3 Å². The van der Waals surface area contributed by atoms with Crippen molar-refractivity contribution in [2.45, 2.75) is 39.8 Å². The highest BCUT2D eigenvalue weighted by molar-refractivity contribution is 9.10. The van der Waals surface area contributed by atoms with Gasteiger partial charge >= 0.3 is 0 Å². The van der Waals surface area contributed by atoms with E-state index >= 15 is 0 Å². The van der Waals surface area contributed by atoms with Gasteiger partial charge in [-0.25, -0.2) is 0 Å². The number of carbonyl (C=O) groups is 1. The van der Waals surface area contributed by atoms with Gasteiger partial charge < -0.3 is 5.32 Å². The number of nitrogens with one attached hydrogen (secondary N) is 2. The lowest BCUT2D eigenvalue weighted by Crippen LogP contribution is -2.44. The van der Waals surface area contributed by atoms with Crippen LogP contribution in [0.1, 0.15) is 38.6 Å². The molecule has 0 aliphatic rings. The molecule has 0 spiro atoms. The van der Waals surface area contributed by atoms with Crippen molar-refractivity contribution in [2.24, 2.45) is 5.92 Å². The monoisotopic (exact) mass is 332 g/mol. The van der Waals surface area contributed by atoms with Crippen molar-refractivity contribution < 1.29 is 4.79 Å². The van der Waals surface area contributed by atoms with Crippen LogP contribution in [0, 0.1) is 5.92 Å². The fourth-order valence-corrected chi connectivity index (χ4v) is 3.01. The van der Waals surface area contributed by atoms with Crippen LogP contribution in [0.2, 0.25) is 0 Å². The Morgan fingerprint density at radius 1 is 1.39 bits per heavy atom. The zero-order chi connectivity index (χ0) is 13.7. The predicted molar refractivity (Wildman–Crippen MR) is 80.9 cm³/mol. The molecule has 5 heteroatoms. The molecule has 1 aromatic rings. The first kappa shape index (κ1) is 15.7. The summed E-state index contributed by atoms with van der Waals surface area (Å²) in [6, 6.07) is 2.09. The van der Waals surface area contributed by atoms with Crippen LogP contribution in [0.15, 0.2) is 15.9 Å². The van der Waals surface area contributed by atoms with Gasteiger partial charge in [-0.1, -0.05) is 13.8 Å². The minimum Gasteiger partial charge on any atom is -0.354 e. The first-order valence-electron chi connectivity index (χ1n) is 6.17. The molecule has 102 valence electrons. The van der Waals surface area contributed by atoms with Crippen LogP contribution in [0.5, 0.6) is 0 Å². The highest BCUT2D eigenvalue weighted by Crippen LogP contribution is 2.25. The maximum atomic E-state index is 11.8. The second-order valence-corrected chi connectivity index (χ2v) is 6.77. The molecular formula is C13H21BrN2OS. The van der Waals surface area contributed by atoms with Crippen molar-refractivity contribution in [3.63, 3.8) is 0 Å². The third kappa shape index (κ3) is 5.08. The molecule has 1 rings (SSSR count). The van der Waals surface area contributed by atoms with Gasteiger partial charge in [0.15, 0.2) is 0 Å². The van der Waals surface area contributed by atoms with Gasteiger partial charge in [-0.05, 0) is 41.8 Å². The molecule has 18 heavy (non-hydrogen) atoms. The molecule has 1 amide bonds. The Morgan fingerprint density at radius 2 is 2.06 bits per heavy atom. The lowest BCUT2D eigenvalue weighted by molar-refractivity contribution is -0.123. The van der Waals surface area contributed by atoms with Gasteiger partial charge in [-0.2, -0.15) is 0 Å². The highest BCUT2D eigenvalue weighted by Gasteiger charge is 2.17. The molecule has 2 N–H and O–H groups in total. The molecule has 0 aliphatic carbocycles. The minimum absolute atomic E-state index is 0.0613. The zero-order valence-corrected chi connectivity index (χ0v) is 13.7. The Bertz CT molecular complexity index is 392. The fourth-order valence-electron chi connectivity index (χ4n) is 1.55. The third-order valence-electron chi connectivity index (χ3n) is 2.59. The van der Waals surface area contributed by atoms with E-state index in [1.54, 1.807) is 11.3 Å².